The van der Waals surface area contributed by atoms with Gasteiger partial charge in [0.15, 0.2) is 0 Å². The summed E-state index contributed by atoms with van der Waals surface area (Å²) in [5.41, 5.74) is 2.21. The third-order valence-electron chi connectivity index (χ3n) is 3.60. The number of amides is 1. The van der Waals surface area contributed by atoms with E-state index in [1.807, 2.05) is 26.0 Å². The Hall–Kier alpha value is -2.47. The van der Waals surface area contributed by atoms with Crippen LogP contribution in [0.3, 0.4) is 0 Å². The average molecular weight is 330 g/mol. The predicted octanol–water partition coefficient (Wildman–Crippen LogP) is 2.97. The van der Waals surface area contributed by atoms with Crippen molar-refractivity contribution in [2.24, 2.45) is 0 Å². The largest absolute Gasteiger partial charge is 0.342 e. The molecule has 0 aromatic carbocycles. The number of nitrogens with one attached hydrogen (secondary N) is 1. The highest BCUT2D eigenvalue weighted by atomic mass is 35.5. The van der Waals surface area contributed by atoms with Gasteiger partial charge in [0, 0.05) is 18.6 Å². The van der Waals surface area contributed by atoms with Crippen LogP contribution in [0.2, 0.25) is 5.02 Å². The van der Waals surface area contributed by atoms with Gasteiger partial charge in [0.1, 0.15) is 5.69 Å². The molecule has 0 unspecified atom stereocenters. The molecule has 0 aliphatic heterocycles. The minimum absolute atomic E-state index is 0.162. The lowest BCUT2D eigenvalue weighted by Crippen LogP contribution is -2.29. The van der Waals surface area contributed by atoms with Gasteiger partial charge in [-0.25, -0.2) is 9.97 Å². The van der Waals surface area contributed by atoms with E-state index >= 15 is 0 Å². The maximum Gasteiger partial charge on any atom is 0.272 e. The molecule has 1 amide bonds. The Kier molecular flexibility index (Phi) is 4.25. The van der Waals surface area contributed by atoms with E-state index in [0.29, 0.717) is 16.5 Å². The van der Waals surface area contributed by atoms with Gasteiger partial charge in [0.05, 0.1) is 23.0 Å². The molecule has 3 heterocycles. The zero-order valence-electron chi connectivity index (χ0n) is 12.8. The number of hydrogen-bond donors (Lipinski definition) is 1. The van der Waals surface area contributed by atoms with Crippen molar-refractivity contribution in [3.63, 3.8) is 0 Å². The summed E-state index contributed by atoms with van der Waals surface area (Å²) in [7, 11) is 0. The van der Waals surface area contributed by atoms with Crippen molar-refractivity contribution < 1.29 is 4.79 Å². The Morgan fingerprint density at radius 2 is 2.22 bits per heavy atom. The quantitative estimate of drug-likeness (QED) is 0.798. The second-order valence-corrected chi connectivity index (χ2v) is 5.68. The number of aryl methyl sites for hydroxylation is 1. The number of imidazole rings is 1. The third-order valence-corrected chi connectivity index (χ3v) is 3.80. The molecule has 0 saturated heterocycles. The first kappa shape index (κ1) is 15.4. The second kappa shape index (κ2) is 6.34. The Balaban J connectivity index is 1.85. The Morgan fingerprint density at radius 3 is 2.96 bits per heavy atom. The number of aromatic nitrogens is 4. The molecule has 0 aliphatic rings. The van der Waals surface area contributed by atoms with Crippen molar-refractivity contribution in [2.45, 2.75) is 26.3 Å². The van der Waals surface area contributed by atoms with Crippen molar-refractivity contribution in [1.82, 2.24) is 24.7 Å². The molecule has 3 aromatic heterocycles. The van der Waals surface area contributed by atoms with Gasteiger partial charge >= 0.3 is 0 Å². The summed E-state index contributed by atoms with van der Waals surface area (Å²) in [5.74, 6) is 0.171. The molecule has 0 aliphatic carbocycles. The highest BCUT2D eigenvalue weighted by Gasteiger charge is 2.19. The van der Waals surface area contributed by atoms with Gasteiger partial charge in [-0.15, -0.1) is 0 Å². The molecule has 23 heavy (non-hydrogen) atoms. The zero-order chi connectivity index (χ0) is 16.4. The molecule has 1 N–H and O–H groups in total. The number of pyridine rings is 1. The molecule has 0 saturated carbocycles. The SMILES string of the molecule is CC[C@H](NC(=O)c1cn2cc(Cl)cnc2n1)c1ncccc1C. The van der Waals surface area contributed by atoms with Crippen molar-refractivity contribution in [3.05, 3.63) is 58.9 Å². The first-order valence-electron chi connectivity index (χ1n) is 7.31. The number of fused-ring (bicyclic) bond motifs is 1. The number of carbonyl (C=O) groups excluding carboxylic acids is 1. The fourth-order valence-corrected chi connectivity index (χ4v) is 2.58. The summed E-state index contributed by atoms with van der Waals surface area (Å²) < 4.78 is 1.63. The lowest BCUT2D eigenvalue weighted by molar-refractivity contribution is 0.0930. The predicted molar refractivity (Wildman–Crippen MR) is 87.5 cm³/mol. The van der Waals surface area contributed by atoms with Crippen LogP contribution < -0.4 is 5.32 Å². The van der Waals surface area contributed by atoms with Gasteiger partial charge in [0.25, 0.3) is 5.91 Å². The highest BCUT2D eigenvalue weighted by Crippen LogP contribution is 2.18. The van der Waals surface area contributed by atoms with Gasteiger partial charge in [-0.05, 0) is 25.0 Å². The molecular formula is C16H16ClN5O. The van der Waals surface area contributed by atoms with Gasteiger partial charge in [-0.2, -0.15) is 0 Å². The van der Waals surface area contributed by atoms with Crippen LogP contribution in [0.1, 0.15) is 41.1 Å². The van der Waals surface area contributed by atoms with E-state index in [-0.39, 0.29) is 11.9 Å². The fraction of sp³-hybridized carbons (Fsp3) is 0.250. The van der Waals surface area contributed by atoms with Crippen molar-refractivity contribution >= 4 is 23.3 Å². The van der Waals surface area contributed by atoms with Crippen LogP contribution in [0.4, 0.5) is 0 Å². The van der Waals surface area contributed by atoms with E-state index in [9.17, 15) is 4.79 Å². The monoisotopic (exact) mass is 329 g/mol. The summed E-state index contributed by atoms with van der Waals surface area (Å²) in [6.45, 7) is 3.98. The normalized spacial score (nSPS) is 12.3. The molecule has 0 spiro atoms. The van der Waals surface area contributed by atoms with Crippen LogP contribution in [-0.4, -0.2) is 25.3 Å². The van der Waals surface area contributed by atoms with E-state index in [0.717, 1.165) is 17.7 Å². The van der Waals surface area contributed by atoms with Crippen LogP contribution in [-0.2, 0) is 0 Å². The molecular weight excluding hydrogens is 314 g/mol. The Morgan fingerprint density at radius 1 is 1.39 bits per heavy atom. The average Bonchev–Trinajstić information content (AvgIpc) is 2.96. The van der Waals surface area contributed by atoms with Crippen molar-refractivity contribution in [1.29, 1.82) is 0 Å². The third kappa shape index (κ3) is 3.17. The van der Waals surface area contributed by atoms with E-state index in [4.69, 9.17) is 11.6 Å². The van der Waals surface area contributed by atoms with E-state index in [1.165, 1.54) is 6.20 Å². The van der Waals surface area contributed by atoms with E-state index in [2.05, 4.69) is 20.3 Å². The molecule has 1 atom stereocenters. The molecule has 6 nitrogen and oxygen atoms in total. The first-order chi connectivity index (χ1) is 11.1. The smallest absolute Gasteiger partial charge is 0.272 e. The lowest BCUT2D eigenvalue weighted by Gasteiger charge is -2.17. The standard InChI is InChI=1S/C16H16ClN5O/c1-3-12(14-10(2)5-4-6-18-14)20-15(23)13-9-22-8-11(17)7-19-16(22)21-13/h4-9,12H,3H2,1-2H3,(H,20,23)/t12-/m0/s1. The van der Waals surface area contributed by atoms with Crippen LogP contribution in [0, 0.1) is 6.92 Å². The number of carbonyl (C=O) groups is 1. The molecule has 7 heteroatoms. The van der Waals surface area contributed by atoms with Crippen LogP contribution in [0.5, 0.6) is 0 Å². The second-order valence-electron chi connectivity index (χ2n) is 5.25. The molecule has 3 aromatic rings. The maximum absolute atomic E-state index is 12.5. The molecule has 0 fully saturated rings. The Bertz CT molecular complexity index is 861. The number of nitrogens with zero attached hydrogens (tertiary/aromatic N) is 4. The summed E-state index contributed by atoms with van der Waals surface area (Å²) >= 11 is 5.89. The Labute approximate surface area is 138 Å². The van der Waals surface area contributed by atoms with Gasteiger partial charge in [-0.3, -0.25) is 14.2 Å². The topological polar surface area (TPSA) is 72.2 Å². The summed E-state index contributed by atoms with van der Waals surface area (Å²) in [6, 6.07) is 3.70. The lowest BCUT2D eigenvalue weighted by atomic mass is 10.1. The minimum Gasteiger partial charge on any atom is -0.342 e. The van der Waals surface area contributed by atoms with Gasteiger partial charge in [-0.1, -0.05) is 24.6 Å². The van der Waals surface area contributed by atoms with E-state index < -0.39 is 0 Å². The molecule has 3 rings (SSSR count). The van der Waals surface area contributed by atoms with Crippen molar-refractivity contribution in [2.75, 3.05) is 0 Å². The first-order valence-corrected chi connectivity index (χ1v) is 7.69. The molecule has 0 radical (unpaired) electrons. The van der Waals surface area contributed by atoms with Gasteiger partial charge < -0.3 is 5.32 Å². The van der Waals surface area contributed by atoms with Gasteiger partial charge in [0.2, 0.25) is 5.78 Å². The van der Waals surface area contributed by atoms with E-state index in [1.54, 1.807) is 23.0 Å². The zero-order valence-corrected chi connectivity index (χ0v) is 13.6. The number of halogens is 1. The summed E-state index contributed by atoms with van der Waals surface area (Å²) in [6.07, 6.45) is 7.24. The number of rotatable bonds is 4. The van der Waals surface area contributed by atoms with Crippen LogP contribution >= 0.6 is 11.6 Å². The maximum atomic E-state index is 12.5. The summed E-state index contributed by atoms with van der Waals surface area (Å²) in [5, 5.41) is 3.46. The minimum atomic E-state index is -0.261. The fourth-order valence-electron chi connectivity index (χ4n) is 2.43. The molecule has 0 bridgehead atoms. The molecule has 118 valence electrons. The van der Waals surface area contributed by atoms with Crippen LogP contribution in [0.25, 0.3) is 5.78 Å². The van der Waals surface area contributed by atoms with Crippen molar-refractivity contribution in [3.8, 4) is 0 Å². The van der Waals surface area contributed by atoms with Crippen LogP contribution in [0.15, 0.2) is 36.9 Å². The number of hydrogen-bond acceptors (Lipinski definition) is 4. The highest BCUT2D eigenvalue weighted by molar-refractivity contribution is 6.30. The summed E-state index contributed by atoms with van der Waals surface area (Å²) in [4.78, 5) is 25.2.